The van der Waals surface area contributed by atoms with Gasteiger partial charge in [-0.05, 0) is 47.5 Å². The Morgan fingerprint density at radius 2 is 2.05 bits per heavy atom. The number of carbonyl (C=O) groups is 1. The Bertz CT molecular complexity index is 600. The molecule has 5 nitrogen and oxygen atoms in total. The van der Waals surface area contributed by atoms with Gasteiger partial charge in [0.05, 0.1) is 10.5 Å². The summed E-state index contributed by atoms with van der Waals surface area (Å²) in [7, 11) is -2.11. The Labute approximate surface area is 127 Å². The minimum atomic E-state index is -3.64. The van der Waals surface area contributed by atoms with Gasteiger partial charge in [-0.15, -0.1) is 0 Å². The number of carboxylic acids is 1. The molecule has 20 heavy (non-hydrogen) atoms. The zero-order valence-electron chi connectivity index (χ0n) is 11.6. The highest BCUT2D eigenvalue weighted by Crippen LogP contribution is 2.27. The van der Waals surface area contributed by atoms with Crippen molar-refractivity contribution in [1.29, 1.82) is 0 Å². The SMILES string of the molecule is CCCC(C)N(C)S(=O)(=O)c1ccc(C(=O)O)cc1Br. The predicted octanol–water partition coefficient (Wildman–Crippen LogP) is 2.96. The predicted molar refractivity (Wildman–Crippen MR) is 80.4 cm³/mol. The Morgan fingerprint density at radius 3 is 2.50 bits per heavy atom. The lowest BCUT2D eigenvalue weighted by molar-refractivity contribution is 0.0696. The summed E-state index contributed by atoms with van der Waals surface area (Å²) in [6.07, 6.45) is 1.65. The number of sulfonamides is 1. The maximum Gasteiger partial charge on any atom is 0.335 e. The van der Waals surface area contributed by atoms with Crippen LogP contribution in [-0.2, 0) is 10.0 Å². The summed E-state index contributed by atoms with van der Waals surface area (Å²) in [5.41, 5.74) is 0.0417. The first-order valence-electron chi connectivity index (χ1n) is 6.22. The summed E-state index contributed by atoms with van der Waals surface area (Å²) in [4.78, 5) is 10.9. The Kier molecular flexibility index (Phi) is 5.73. The third kappa shape index (κ3) is 3.59. The van der Waals surface area contributed by atoms with Crippen LogP contribution in [0, 0.1) is 0 Å². The lowest BCUT2D eigenvalue weighted by atomic mass is 10.2. The smallest absolute Gasteiger partial charge is 0.335 e. The fourth-order valence-electron chi connectivity index (χ4n) is 1.83. The summed E-state index contributed by atoms with van der Waals surface area (Å²) >= 11 is 3.14. The third-order valence-electron chi connectivity index (χ3n) is 3.16. The molecule has 0 saturated heterocycles. The first-order chi connectivity index (χ1) is 9.21. The van der Waals surface area contributed by atoms with E-state index in [1.54, 1.807) is 0 Å². The summed E-state index contributed by atoms with van der Waals surface area (Å²) < 4.78 is 26.6. The molecular weight excluding hydrogens is 346 g/mol. The first-order valence-corrected chi connectivity index (χ1v) is 8.46. The average Bonchev–Trinajstić information content (AvgIpc) is 2.37. The van der Waals surface area contributed by atoms with Crippen LogP contribution in [0.3, 0.4) is 0 Å². The molecule has 112 valence electrons. The van der Waals surface area contributed by atoms with Crippen LogP contribution in [0.5, 0.6) is 0 Å². The molecule has 0 fully saturated rings. The molecule has 1 aromatic rings. The largest absolute Gasteiger partial charge is 0.478 e. The van der Waals surface area contributed by atoms with E-state index in [4.69, 9.17) is 5.11 Å². The van der Waals surface area contributed by atoms with Crippen LogP contribution in [0.2, 0.25) is 0 Å². The maximum absolute atomic E-state index is 12.5. The van der Waals surface area contributed by atoms with Crippen LogP contribution in [0.25, 0.3) is 0 Å². The molecular formula is C13H18BrNO4S. The molecule has 0 radical (unpaired) electrons. The van der Waals surface area contributed by atoms with Crippen LogP contribution in [0.15, 0.2) is 27.6 Å². The van der Waals surface area contributed by atoms with Gasteiger partial charge in [-0.3, -0.25) is 0 Å². The molecule has 0 aromatic heterocycles. The van der Waals surface area contributed by atoms with Gasteiger partial charge in [0, 0.05) is 17.6 Å². The molecule has 0 heterocycles. The van der Waals surface area contributed by atoms with E-state index in [0.717, 1.165) is 12.8 Å². The highest BCUT2D eigenvalue weighted by atomic mass is 79.9. The van der Waals surface area contributed by atoms with E-state index in [1.807, 2.05) is 13.8 Å². The van der Waals surface area contributed by atoms with Crippen molar-refractivity contribution in [3.8, 4) is 0 Å². The number of benzene rings is 1. The normalized spacial score (nSPS) is 13.4. The maximum atomic E-state index is 12.5. The quantitative estimate of drug-likeness (QED) is 0.842. The van der Waals surface area contributed by atoms with E-state index in [2.05, 4.69) is 15.9 Å². The summed E-state index contributed by atoms with van der Waals surface area (Å²) in [6.45, 7) is 3.84. The van der Waals surface area contributed by atoms with Crippen LogP contribution < -0.4 is 0 Å². The van der Waals surface area contributed by atoms with Crippen molar-refractivity contribution < 1.29 is 18.3 Å². The second kappa shape index (κ2) is 6.69. The van der Waals surface area contributed by atoms with Crippen molar-refractivity contribution in [3.63, 3.8) is 0 Å². The van der Waals surface area contributed by atoms with E-state index in [1.165, 1.54) is 29.6 Å². The first kappa shape index (κ1) is 17.1. The monoisotopic (exact) mass is 363 g/mol. The molecule has 0 spiro atoms. The summed E-state index contributed by atoms with van der Waals surface area (Å²) in [5, 5.41) is 8.89. The van der Waals surface area contributed by atoms with Gasteiger partial charge >= 0.3 is 5.97 Å². The lowest BCUT2D eigenvalue weighted by Crippen LogP contribution is -2.35. The highest BCUT2D eigenvalue weighted by Gasteiger charge is 2.27. The lowest BCUT2D eigenvalue weighted by Gasteiger charge is -2.24. The molecule has 1 rings (SSSR count). The Hall–Kier alpha value is -0.920. The molecule has 1 atom stereocenters. The molecule has 0 amide bonds. The molecule has 0 aliphatic rings. The van der Waals surface area contributed by atoms with Crippen molar-refractivity contribution in [2.45, 2.75) is 37.6 Å². The second-order valence-electron chi connectivity index (χ2n) is 4.61. The van der Waals surface area contributed by atoms with Crippen molar-refractivity contribution in [3.05, 3.63) is 28.2 Å². The second-order valence-corrected chi connectivity index (χ2v) is 7.43. The van der Waals surface area contributed by atoms with Gasteiger partial charge in [0.2, 0.25) is 10.0 Å². The molecule has 1 N–H and O–H groups in total. The van der Waals surface area contributed by atoms with Crippen molar-refractivity contribution in [2.24, 2.45) is 0 Å². The third-order valence-corrected chi connectivity index (χ3v) is 6.11. The number of halogens is 1. The van der Waals surface area contributed by atoms with Crippen molar-refractivity contribution in [2.75, 3.05) is 7.05 Å². The van der Waals surface area contributed by atoms with E-state index in [9.17, 15) is 13.2 Å². The highest BCUT2D eigenvalue weighted by molar-refractivity contribution is 9.10. The molecule has 1 aromatic carbocycles. The fraction of sp³-hybridized carbons (Fsp3) is 0.462. The summed E-state index contributed by atoms with van der Waals surface area (Å²) in [5.74, 6) is -1.10. The molecule has 0 aliphatic heterocycles. The van der Waals surface area contributed by atoms with E-state index in [-0.39, 0.29) is 21.0 Å². The number of nitrogens with zero attached hydrogens (tertiary/aromatic N) is 1. The molecule has 0 aliphatic carbocycles. The van der Waals surface area contributed by atoms with Gasteiger partial charge in [0.15, 0.2) is 0 Å². The number of aromatic carboxylic acids is 1. The van der Waals surface area contributed by atoms with Gasteiger partial charge in [-0.1, -0.05) is 13.3 Å². The topological polar surface area (TPSA) is 74.7 Å². The Morgan fingerprint density at radius 1 is 1.45 bits per heavy atom. The van der Waals surface area contributed by atoms with E-state index in [0.29, 0.717) is 0 Å². The van der Waals surface area contributed by atoms with Gasteiger partial charge < -0.3 is 5.11 Å². The van der Waals surface area contributed by atoms with Gasteiger partial charge in [0.25, 0.3) is 0 Å². The van der Waals surface area contributed by atoms with Crippen LogP contribution in [-0.4, -0.2) is 36.9 Å². The van der Waals surface area contributed by atoms with Crippen LogP contribution in [0.1, 0.15) is 37.0 Å². The van der Waals surface area contributed by atoms with Crippen LogP contribution >= 0.6 is 15.9 Å². The minimum absolute atomic E-state index is 0.0417. The molecule has 1 unspecified atom stereocenters. The zero-order chi connectivity index (χ0) is 15.5. The van der Waals surface area contributed by atoms with Crippen molar-refractivity contribution >= 4 is 31.9 Å². The molecule has 0 saturated carbocycles. The van der Waals surface area contributed by atoms with Gasteiger partial charge in [0.1, 0.15) is 0 Å². The van der Waals surface area contributed by atoms with Gasteiger partial charge in [-0.25, -0.2) is 13.2 Å². The van der Waals surface area contributed by atoms with Crippen LogP contribution in [0.4, 0.5) is 0 Å². The number of hydrogen-bond acceptors (Lipinski definition) is 3. The standard InChI is InChI=1S/C13H18BrNO4S/c1-4-5-9(2)15(3)20(18,19)12-7-6-10(13(16)17)8-11(12)14/h6-9H,4-5H2,1-3H3,(H,16,17). The zero-order valence-corrected chi connectivity index (χ0v) is 14.0. The molecule has 0 bridgehead atoms. The number of rotatable bonds is 6. The Balaban J connectivity index is 3.19. The number of carboxylic acid groups (broad SMARTS) is 1. The molecule has 7 heteroatoms. The summed E-state index contributed by atoms with van der Waals surface area (Å²) in [6, 6.07) is 3.79. The fourth-order valence-corrected chi connectivity index (χ4v) is 4.26. The average molecular weight is 364 g/mol. The number of hydrogen-bond donors (Lipinski definition) is 1. The minimum Gasteiger partial charge on any atom is -0.478 e. The van der Waals surface area contributed by atoms with Gasteiger partial charge in [-0.2, -0.15) is 4.31 Å². The van der Waals surface area contributed by atoms with Crippen molar-refractivity contribution in [1.82, 2.24) is 4.31 Å². The van der Waals surface area contributed by atoms with E-state index >= 15 is 0 Å². The van der Waals surface area contributed by atoms with E-state index < -0.39 is 16.0 Å².